The number of hydrogen-bond donors (Lipinski definition) is 2. The first-order valence-electron chi connectivity index (χ1n) is 4.80. The van der Waals surface area contributed by atoms with E-state index >= 15 is 0 Å². The van der Waals surface area contributed by atoms with Gasteiger partial charge in [-0.3, -0.25) is 4.79 Å². The molecule has 78 valence electrons. The molecule has 0 aromatic carbocycles. The van der Waals surface area contributed by atoms with Crippen LogP contribution in [0, 0.1) is 0 Å². The number of carbonyl (C=O) groups excluding carboxylic acids is 1. The Bertz CT molecular complexity index is 269. The Hall–Kier alpha value is -1.29. The van der Waals surface area contributed by atoms with Gasteiger partial charge in [-0.2, -0.15) is 0 Å². The molecule has 3 N–H and O–H groups in total. The molecule has 0 bridgehead atoms. The Balaban J connectivity index is 2.34. The third-order valence-electron chi connectivity index (χ3n) is 2.09. The number of aromatic nitrogens is 1. The van der Waals surface area contributed by atoms with Crippen molar-refractivity contribution in [2.75, 3.05) is 13.6 Å². The maximum Gasteiger partial charge on any atom is 0.222 e. The molecule has 4 heteroatoms. The van der Waals surface area contributed by atoms with Gasteiger partial charge in [0.15, 0.2) is 0 Å². The molecule has 1 rings (SSSR count). The molecule has 1 amide bonds. The zero-order valence-corrected chi connectivity index (χ0v) is 8.49. The highest BCUT2D eigenvalue weighted by molar-refractivity contribution is 5.75. The summed E-state index contributed by atoms with van der Waals surface area (Å²) < 4.78 is 0. The number of nitrogens with two attached hydrogens (primary N) is 1. The number of carbonyl (C=O) groups is 1. The molecule has 1 aromatic heterocycles. The van der Waals surface area contributed by atoms with Crippen molar-refractivity contribution in [2.45, 2.75) is 19.4 Å². The predicted molar refractivity (Wildman–Crippen MR) is 55.6 cm³/mol. The molecule has 0 aliphatic heterocycles. The van der Waals surface area contributed by atoms with Crippen LogP contribution in [0.4, 0.5) is 0 Å². The van der Waals surface area contributed by atoms with Crippen molar-refractivity contribution in [2.24, 2.45) is 5.73 Å². The summed E-state index contributed by atoms with van der Waals surface area (Å²) in [7, 11) is 1.81. The van der Waals surface area contributed by atoms with E-state index in [9.17, 15) is 4.79 Å². The maximum absolute atomic E-state index is 11.5. The lowest BCUT2D eigenvalue weighted by Gasteiger charge is -2.15. The molecule has 0 aliphatic rings. The molecule has 1 heterocycles. The third kappa shape index (κ3) is 3.22. The van der Waals surface area contributed by atoms with Gasteiger partial charge in [-0.25, -0.2) is 0 Å². The second-order valence-electron chi connectivity index (χ2n) is 3.34. The van der Waals surface area contributed by atoms with Crippen molar-refractivity contribution in [1.29, 1.82) is 0 Å². The minimum atomic E-state index is 0.144. The number of nitrogens with one attached hydrogen (secondary N) is 1. The number of hydrogen-bond acceptors (Lipinski definition) is 2. The van der Waals surface area contributed by atoms with E-state index in [1.54, 1.807) is 11.9 Å². The first kappa shape index (κ1) is 10.8. The summed E-state index contributed by atoms with van der Waals surface area (Å²) in [5, 5.41) is 0. The molecule has 0 saturated heterocycles. The first-order valence-corrected chi connectivity index (χ1v) is 4.80. The van der Waals surface area contributed by atoms with Gasteiger partial charge in [0.05, 0.1) is 6.54 Å². The van der Waals surface area contributed by atoms with Crippen molar-refractivity contribution in [3.63, 3.8) is 0 Å². The van der Waals surface area contributed by atoms with Crippen LogP contribution < -0.4 is 5.73 Å². The van der Waals surface area contributed by atoms with Crippen LogP contribution in [-0.2, 0) is 11.3 Å². The van der Waals surface area contributed by atoms with Gasteiger partial charge in [-0.15, -0.1) is 0 Å². The molecule has 0 unspecified atom stereocenters. The van der Waals surface area contributed by atoms with Gasteiger partial charge in [0.2, 0.25) is 5.91 Å². The normalized spacial score (nSPS) is 10.1. The second-order valence-corrected chi connectivity index (χ2v) is 3.34. The van der Waals surface area contributed by atoms with Crippen LogP contribution in [0.3, 0.4) is 0 Å². The fraction of sp³-hybridized carbons (Fsp3) is 0.500. The van der Waals surface area contributed by atoms with E-state index in [1.807, 2.05) is 18.3 Å². The Morgan fingerprint density at radius 1 is 1.64 bits per heavy atom. The quantitative estimate of drug-likeness (QED) is 0.727. The van der Waals surface area contributed by atoms with Crippen LogP contribution in [0.15, 0.2) is 18.3 Å². The zero-order chi connectivity index (χ0) is 10.4. The van der Waals surface area contributed by atoms with Crippen LogP contribution in [-0.4, -0.2) is 29.4 Å². The monoisotopic (exact) mass is 195 g/mol. The Morgan fingerprint density at radius 3 is 3.00 bits per heavy atom. The van der Waals surface area contributed by atoms with Crippen LogP contribution in [0.5, 0.6) is 0 Å². The summed E-state index contributed by atoms with van der Waals surface area (Å²) >= 11 is 0. The predicted octanol–water partition coefficient (Wildman–Crippen LogP) is 0.712. The maximum atomic E-state index is 11.5. The number of amides is 1. The van der Waals surface area contributed by atoms with E-state index < -0.39 is 0 Å². The Labute approximate surface area is 84.1 Å². The summed E-state index contributed by atoms with van der Waals surface area (Å²) in [6.07, 6.45) is 3.15. The van der Waals surface area contributed by atoms with E-state index in [-0.39, 0.29) is 5.91 Å². The van der Waals surface area contributed by atoms with Crippen molar-refractivity contribution < 1.29 is 4.79 Å². The fourth-order valence-electron chi connectivity index (χ4n) is 1.25. The smallest absolute Gasteiger partial charge is 0.222 e. The summed E-state index contributed by atoms with van der Waals surface area (Å²) in [5.74, 6) is 0.144. The molecule has 0 atom stereocenters. The van der Waals surface area contributed by atoms with E-state index in [2.05, 4.69) is 4.98 Å². The zero-order valence-electron chi connectivity index (χ0n) is 8.49. The molecule has 1 aromatic rings. The lowest BCUT2D eigenvalue weighted by atomic mass is 10.2. The SMILES string of the molecule is CN(Cc1ccc[nH]1)C(=O)CCCN. The van der Waals surface area contributed by atoms with Crippen molar-refractivity contribution in [3.05, 3.63) is 24.0 Å². The molecular weight excluding hydrogens is 178 g/mol. The molecule has 0 fully saturated rings. The lowest BCUT2D eigenvalue weighted by Crippen LogP contribution is -2.26. The Morgan fingerprint density at radius 2 is 2.43 bits per heavy atom. The van der Waals surface area contributed by atoms with Gasteiger partial charge < -0.3 is 15.6 Å². The van der Waals surface area contributed by atoms with Gasteiger partial charge in [0, 0.05) is 25.4 Å². The molecular formula is C10H17N3O. The molecule has 0 saturated carbocycles. The molecule has 4 nitrogen and oxygen atoms in total. The number of H-pyrrole nitrogens is 1. The van der Waals surface area contributed by atoms with Gasteiger partial charge in [0.1, 0.15) is 0 Å². The summed E-state index contributed by atoms with van der Waals surface area (Å²) in [4.78, 5) is 16.3. The van der Waals surface area contributed by atoms with E-state index in [1.165, 1.54) is 0 Å². The lowest BCUT2D eigenvalue weighted by molar-refractivity contribution is -0.130. The van der Waals surface area contributed by atoms with E-state index in [4.69, 9.17) is 5.73 Å². The standard InChI is InChI=1S/C10H17N3O/c1-13(10(14)5-2-6-11)8-9-4-3-7-12-9/h3-4,7,12H,2,5-6,8,11H2,1H3. The highest BCUT2D eigenvalue weighted by Gasteiger charge is 2.08. The van der Waals surface area contributed by atoms with Crippen LogP contribution in [0.1, 0.15) is 18.5 Å². The van der Waals surface area contributed by atoms with E-state index in [0.717, 1.165) is 12.1 Å². The third-order valence-corrected chi connectivity index (χ3v) is 2.09. The van der Waals surface area contributed by atoms with Crippen molar-refractivity contribution in [1.82, 2.24) is 9.88 Å². The van der Waals surface area contributed by atoms with Crippen LogP contribution >= 0.6 is 0 Å². The molecule has 0 spiro atoms. The highest BCUT2D eigenvalue weighted by atomic mass is 16.2. The minimum absolute atomic E-state index is 0.144. The van der Waals surface area contributed by atoms with Crippen LogP contribution in [0.2, 0.25) is 0 Å². The largest absolute Gasteiger partial charge is 0.364 e. The number of rotatable bonds is 5. The van der Waals surface area contributed by atoms with Gasteiger partial charge in [-0.1, -0.05) is 0 Å². The van der Waals surface area contributed by atoms with Crippen LogP contribution in [0.25, 0.3) is 0 Å². The molecule has 14 heavy (non-hydrogen) atoms. The summed E-state index contributed by atoms with van der Waals surface area (Å²) in [6, 6.07) is 3.89. The molecule has 0 radical (unpaired) electrons. The number of nitrogens with zero attached hydrogens (tertiary/aromatic N) is 1. The van der Waals surface area contributed by atoms with Gasteiger partial charge in [-0.05, 0) is 25.1 Å². The second kappa shape index (κ2) is 5.44. The highest BCUT2D eigenvalue weighted by Crippen LogP contribution is 2.02. The Kier molecular flexibility index (Phi) is 4.19. The topological polar surface area (TPSA) is 62.1 Å². The molecule has 0 aliphatic carbocycles. The summed E-state index contributed by atoms with van der Waals surface area (Å²) in [6.45, 7) is 1.21. The van der Waals surface area contributed by atoms with Gasteiger partial charge in [0.25, 0.3) is 0 Å². The fourth-order valence-corrected chi connectivity index (χ4v) is 1.25. The summed E-state index contributed by atoms with van der Waals surface area (Å²) in [5.41, 5.74) is 6.39. The number of aromatic amines is 1. The minimum Gasteiger partial charge on any atom is -0.364 e. The van der Waals surface area contributed by atoms with Crippen molar-refractivity contribution >= 4 is 5.91 Å². The average molecular weight is 195 g/mol. The van der Waals surface area contributed by atoms with Crippen molar-refractivity contribution in [3.8, 4) is 0 Å². The first-order chi connectivity index (χ1) is 6.74. The van der Waals surface area contributed by atoms with Gasteiger partial charge >= 0.3 is 0 Å². The average Bonchev–Trinajstić information content (AvgIpc) is 2.66. The van der Waals surface area contributed by atoms with E-state index in [0.29, 0.717) is 19.5 Å².